The molecule has 0 bridgehead atoms. The van der Waals surface area contributed by atoms with E-state index in [1.807, 2.05) is 4.90 Å². The summed E-state index contributed by atoms with van der Waals surface area (Å²) in [5.74, 6) is 0. The van der Waals surface area contributed by atoms with Gasteiger partial charge in [0, 0.05) is 38.3 Å². The van der Waals surface area contributed by atoms with Crippen molar-refractivity contribution in [2.75, 3.05) is 52.6 Å². The monoisotopic (exact) mass is 271 g/mol. The first-order chi connectivity index (χ1) is 9.18. The third-order valence-corrected chi connectivity index (χ3v) is 3.99. The van der Waals surface area contributed by atoms with Crippen LogP contribution in [0.2, 0.25) is 0 Å². The number of ether oxygens (including phenoxy) is 2. The SMILES string of the molecule is CC(NC(=O)N1CCOCC1)C(C)N1CCOCC1. The molecule has 2 atom stereocenters. The van der Waals surface area contributed by atoms with Gasteiger partial charge in [-0.1, -0.05) is 0 Å². The number of hydrogen-bond acceptors (Lipinski definition) is 4. The predicted octanol–water partition coefficient (Wildman–Crippen LogP) is 0.137. The average Bonchev–Trinajstić information content (AvgIpc) is 2.48. The van der Waals surface area contributed by atoms with Crippen LogP contribution in [-0.2, 0) is 9.47 Å². The van der Waals surface area contributed by atoms with Crippen LogP contribution in [0.15, 0.2) is 0 Å². The van der Waals surface area contributed by atoms with Gasteiger partial charge in [0.2, 0.25) is 0 Å². The van der Waals surface area contributed by atoms with Crippen molar-refractivity contribution in [1.29, 1.82) is 0 Å². The number of hydrogen-bond donors (Lipinski definition) is 1. The second-order valence-electron chi connectivity index (χ2n) is 5.23. The molecule has 2 unspecified atom stereocenters. The molecule has 2 amide bonds. The van der Waals surface area contributed by atoms with Crippen molar-refractivity contribution in [2.45, 2.75) is 25.9 Å². The van der Waals surface area contributed by atoms with Gasteiger partial charge in [-0.25, -0.2) is 4.79 Å². The van der Waals surface area contributed by atoms with Crippen molar-refractivity contribution in [3.05, 3.63) is 0 Å². The summed E-state index contributed by atoms with van der Waals surface area (Å²) in [6.45, 7) is 10.3. The molecule has 0 radical (unpaired) electrons. The van der Waals surface area contributed by atoms with E-state index in [0.29, 0.717) is 32.3 Å². The Morgan fingerprint density at radius 1 is 1.00 bits per heavy atom. The molecule has 110 valence electrons. The molecule has 1 N–H and O–H groups in total. The molecular formula is C13H25N3O3. The highest BCUT2D eigenvalue weighted by Crippen LogP contribution is 2.08. The third kappa shape index (κ3) is 4.06. The van der Waals surface area contributed by atoms with Gasteiger partial charge in [-0.05, 0) is 13.8 Å². The van der Waals surface area contributed by atoms with Gasteiger partial charge < -0.3 is 19.7 Å². The van der Waals surface area contributed by atoms with Gasteiger partial charge >= 0.3 is 6.03 Å². The number of nitrogens with one attached hydrogen (secondary N) is 1. The van der Waals surface area contributed by atoms with Crippen LogP contribution in [0.1, 0.15) is 13.8 Å². The summed E-state index contributed by atoms with van der Waals surface area (Å²) < 4.78 is 10.6. The second-order valence-corrected chi connectivity index (χ2v) is 5.23. The molecule has 6 nitrogen and oxygen atoms in total. The van der Waals surface area contributed by atoms with Crippen LogP contribution < -0.4 is 5.32 Å². The molecule has 2 rings (SSSR count). The van der Waals surface area contributed by atoms with Crippen LogP contribution >= 0.6 is 0 Å². The maximum atomic E-state index is 12.1. The molecule has 6 heteroatoms. The number of urea groups is 1. The molecule has 0 aliphatic carbocycles. The highest BCUT2D eigenvalue weighted by Gasteiger charge is 2.25. The van der Waals surface area contributed by atoms with Gasteiger partial charge in [-0.3, -0.25) is 4.90 Å². The summed E-state index contributed by atoms with van der Waals surface area (Å²) in [6.07, 6.45) is 0. The highest BCUT2D eigenvalue weighted by molar-refractivity contribution is 5.74. The van der Waals surface area contributed by atoms with Gasteiger partial charge in [-0.15, -0.1) is 0 Å². The lowest BCUT2D eigenvalue weighted by molar-refractivity contribution is 0.0131. The minimum absolute atomic E-state index is 0.0240. The van der Waals surface area contributed by atoms with Crippen LogP contribution in [0.4, 0.5) is 4.79 Å². The average molecular weight is 271 g/mol. The number of amides is 2. The Balaban J connectivity index is 1.78. The lowest BCUT2D eigenvalue weighted by Crippen LogP contribution is -2.55. The Morgan fingerprint density at radius 3 is 2.11 bits per heavy atom. The zero-order chi connectivity index (χ0) is 13.7. The van der Waals surface area contributed by atoms with Crippen molar-refractivity contribution < 1.29 is 14.3 Å². The summed E-state index contributed by atoms with van der Waals surface area (Å²) in [6, 6.07) is 0.484. The van der Waals surface area contributed by atoms with Crippen molar-refractivity contribution in [1.82, 2.24) is 15.1 Å². The van der Waals surface area contributed by atoms with E-state index in [0.717, 1.165) is 26.3 Å². The van der Waals surface area contributed by atoms with E-state index in [4.69, 9.17) is 9.47 Å². The number of rotatable bonds is 3. The van der Waals surface area contributed by atoms with Gasteiger partial charge in [-0.2, -0.15) is 0 Å². The number of carbonyl (C=O) groups is 1. The normalized spacial score (nSPS) is 24.8. The van der Waals surface area contributed by atoms with E-state index >= 15 is 0 Å². The fraction of sp³-hybridized carbons (Fsp3) is 0.923. The quantitative estimate of drug-likeness (QED) is 0.793. The fourth-order valence-corrected chi connectivity index (χ4v) is 2.47. The summed E-state index contributed by atoms with van der Waals surface area (Å²) >= 11 is 0. The Hall–Kier alpha value is -0.850. The summed E-state index contributed by atoms with van der Waals surface area (Å²) in [5, 5.41) is 3.10. The maximum absolute atomic E-state index is 12.1. The summed E-state index contributed by atoms with van der Waals surface area (Å²) in [5.41, 5.74) is 0. The first-order valence-electron chi connectivity index (χ1n) is 7.13. The first-order valence-corrected chi connectivity index (χ1v) is 7.13. The van der Waals surface area contributed by atoms with Crippen LogP contribution in [0.5, 0.6) is 0 Å². The van der Waals surface area contributed by atoms with Crippen LogP contribution in [0.3, 0.4) is 0 Å². The molecule has 2 heterocycles. The van der Waals surface area contributed by atoms with E-state index in [-0.39, 0.29) is 12.1 Å². The molecule has 0 spiro atoms. The maximum Gasteiger partial charge on any atom is 0.317 e. The second kappa shape index (κ2) is 7.07. The molecule has 19 heavy (non-hydrogen) atoms. The molecule has 2 saturated heterocycles. The van der Waals surface area contributed by atoms with Crippen LogP contribution in [0, 0.1) is 0 Å². The van der Waals surface area contributed by atoms with Crippen molar-refractivity contribution in [2.24, 2.45) is 0 Å². The largest absolute Gasteiger partial charge is 0.379 e. The van der Waals surface area contributed by atoms with E-state index in [2.05, 4.69) is 24.1 Å². The third-order valence-electron chi connectivity index (χ3n) is 3.99. The summed E-state index contributed by atoms with van der Waals surface area (Å²) in [4.78, 5) is 16.3. The standard InChI is InChI=1S/C13H25N3O3/c1-11(12(2)15-3-7-18-8-4-15)14-13(17)16-5-9-19-10-6-16/h11-12H,3-10H2,1-2H3,(H,14,17). The van der Waals surface area contributed by atoms with Crippen molar-refractivity contribution in [3.63, 3.8) is 0 Å². The van der Waals surface area contributed by atoms with Gasteiger partial charge in [0.15, 0.2) is 0 Å². The first kappa shape index (κ1) is 14.6. The lowest BCUT2D eigenvalue weighted by Gasteiger charge is -2.37. The molecule has 2 aliphatic rings. The molecule has 2 aliphatic heterocycles. The number of morpholine rings is 2. The van der Waals surface area contributed by atoms with Gasteiger partial charge in [0.25, 0.3) is 0 Å². The number of nitrogens with zero attached hydrogens (tertiary/aromatic N) is 2. The van der Waals surface area contributed by atoms with E-state index in [9.17, 15) is 4.79 Å². The van der Waals surface area contributed by atoms with Gasteiger partial charge in [0.1, 0.15) is 0 Å². The highest BCUT2D eigenvalue weighted by atomic mass is 16.5. The van der Waals surface area contributed by atoms with E-state index in [1.54, 1.807) is 0 Å². The summed E-state index contributed by atoms with van der Waals surface area (Å²) in [7, 11) is 0. The Morgan fingerprint density at radius 2 is 1.53 bits per heavy atom. The van der Waals surface area contributed by atoms with E-state index in [1.165, 1.54) is 0 Å². The Kier molecular flexibility index (Phi) is 5.42. The zero-order valence-corrected chi connectivity index (χ0v) is 11.9. The predicted molar refractivity (Wildman–Crippen MR) is 72.2 cm³/mol. The number of carbonyl (C=O) groups excluding carboxylic acids is 1. The minimum Gasteiger partial charge on any atom is -0.379 e. The molecule has 0 aromatic heterocycles. The molecule has 0 aromatic rings. The molecule has 0 aromatic carbocycles. The topological polar surface area (TPSA) is 54.0 Å². The molecule has 2 fully saturated rings. The molecule has 0 saturated carbocycles. The zero-order valence-electron chi connectivity index (χ0n) is 11.9. The van der Waals surface area contributed by atoms with Crippen LogP contribution in [-0.4, -0.2) is 80.5 Å². The minimum atomic E-state index is 0.0240. The van der Waals surface area contributed by atoms with Crippen LogP contribution in [0.25, 0.3) is 0 Å². The van der Waals surface area contributed by atoms with Crippen molar-refractivity contribution >= 4 is 6.03 Å². The fourth-order valence-electron chi connectivity index (χ4n) is 2.47. The van der Waals surface area contributed by atoms with Gasteiger partial charge in [0.05, 0.1) is 26.4 Å². The lowest BCUT2D eigenvalue weighted by atomic mass is 10.1. The van der Waals surface area contributed by atoms with E-state index < -0.39 is 0 Å². The Bertz CT molecular complexity index is 289. The smallest absolute Gasteiger partial charge is 0.317 e. The Labute approximate surface area is 115 Å². The molecular weight excluding hydrogens is 246 g/mol. The van der Waals surface area contributed by atoms with Crippen molar-refractivity contribution in [3.8, 4) is 0 Å².